The number of rotatable bonds is 4. The molecule has 0 bridgehead atoms. The zero-order valence-electron chi connectivity index (χ0n) is 17.8. The van der Waals surface area contributed by atoms with E-state index in [1.54, 1.807) is 24.3 Å². The highest BCUT2D eigenvalue weighted by molar-refractivity contribution is 5.98. The van der Waals surface area contributed by atoms with E-state index in [0.717, 1.165) is 0 Å². The third kappa shape index (κ3) is 3.82. The summed E-state index contributed by atoms with van der Waals surface area (Å²) in [7, 11) is 0. The van der Waals surface area contributed by atoms with Gasteiger partial charge in [-0.25, -0.2) is 0 Å². The van der Waals surface area contributed by atoms with Gasteiger partial charge in [0.15, 0.2) is 5.75 Å². The summed E-state index contributed by atoms with van der Waals surface area (Å²) in [6.07, 6.45) is 17.5. The largest absolute Gasteiger partial charge is 0.506 e. The molecule has 0 saturated carbocycles. The smallest absolute Gasteiger partial charge is 0.160 e. The minimum absolute atomic E-state index is 0.0410. The molecule has 4 rings (SSSR count). The Balaban J connectivity index is 1.88. The van der Waals surface area contributed by atoms with Gasteiger partial charge in [0.25, 0.3) is 0 Å². The summed E-state index contributed by atoms with van der Waals surface area (Å²) in [5.74, 6) is 9.18. The summed E-state index contributed by atoms with van der Waals surface area (Å²) in [6.45, 7) is 0. The van der Waals surface area contributed by atoms with Crippen LogP contribution < -0.4 is 20.9 Å². The number of aromatic hydroxyl groups is 2. The number of anilines is 2. The number of terminal acetylenes is 3. The van der Waals surface area contributed by atoms with Crippen LogP contribution in [0.5, 0.6) is 34.5 Å². The molecule has 0 heterocycles. The molecule has 0 saturated heterocycles. The van der Waals surface area contributed by atoms with Crippen LogP contribution in [0.15, 0.2) is 54.6 Å². The second-order valence-electron chi connectivity index (χ2n) is 7.24. The predicted molar refractivity (Wildman–Crippen MR) is 133 cm³/mol. The van der Waals surface area contributed by atoms with Crippen molar-refractivity contribution < 1.29 is 19.7 Å². The van der Waals surface area contributed by atoms with Crippen LogP contribution in [0.4, 0.5) is 11.4 Å². The standard InChI is InChI=1S/C28H18N2O4/c1-4-19-20(5-2)28(34-18-9-12-27(32)25(30)15-18)21(6-3)22-10-7-16(13-23(19)22)33-17-8-11-26(31)24(29)14-17/h1-3,7-15,31-32H,29-30H2. The van der Waals surface area contributed by atoms with Crippen LogP contribution in [-0.2, 0) is 0 Å². The van der Waals surface area contributed by atoms with Crippen molar-refractivity contribution in [3.63, 3.8) is 0 Å². The van der Waals surface area contributed by atoms with Gasteiger partial charge in [-0.3, -0.25) is 0 Å². The fourth-order valence-electron chi connectivity index (χ4n) is 3.49. The van der Waals surface area contributed by atoms with Gasteiger partial charge < -0.3 is 31.2 Å². The Morgan fingerprint density at radius 3 is 1.62 bits per heavy atom. The topological polar surface area (TPSA) is 111 Å². The predicted octanol–water partition coefficient (Wildman–Crippen LogP) is 4.94. The first kappa shape index (κ1) is 21.8. The molecule has 6 N–H and O–H groups in total. The van der Waals surface area contributed by atoms with Crippen LogP contribution in [0, 0.1) is 37.0 Å². The van der Waals surface area contributed by atoms with Crippen molar-refractivity contribution in [3.8, 4) is 71.5 Å². The van der Waals surface area contributed by atoms with E-state index in [9.17, 15) is 10.2 Å². The third-order valence-corrected chi connectivity index (χ3v) is 5.12. The molecule has 0 atom stereocenters. The van der Waals surface area contributed by atoms with E-state index in [1.165, 1.54) is 30.3 Å². The molecule has 0 radical (unpaired) electrons. The van der Waals surface area contributed by atoms with Crippen molar-refractivity contribution in [2.24, 2.45) is 0 Å². The normalized spacial score (nSPS) is 10.1. The maximum atomic E-state index is 9.69. The summed E-state index contributed by atoms with van der Waals surface area (Å²) >= 11 is 0. The van der Waals surface area contributed by atoms with E-state index in [4.69, 9.17) is 40.2 Å². The van der Waals surface area contributed by atoms with Crippen LogP contribution >= 0.6 is 0 Å². The molecule has 6 nitrogen and oxygen atoms in total. The molecule has 0 fully saturated rings. The quantitative estimate of drug-likeness (QED) is 0.201. The van der Waals surface area contributed by atoms with Crippen LogP contribution in [-0.4, -0.2) is 10.2 Å². The number of benzene rings is 4. The van der Waals surface area contributed by atoms with E-state index in [-0.39, 0.29) is 28.6 Å². The van der Waals surface area contributed by atoms with Gasteiger partial charge in [-0.05, 0) is 42.5 Å². The molecule has 6 heteroatoms. The number of hydrogen-bond donors (Lipinski definition) is 4. The lowest BCUT2D eigenvalue weighted by molar-refractivity contribution is 0.465. The van der Waals surface area contributed by atoms with Gasteiger partial charge in [0, 0.05) is 22.9 Å². The SMILES string of the molecule is C#Cc1c(Oc2ccc(O)c(N)c2)c(C#C)c2ccc(Oc3ccc(O)c(N)c3)cc2c1C#C. The molecule has 164 valence electrons. The van der Waals surface area contributed by atoms with E-state index >= 15 is 0 Å². The minimum atomic E-state index is -0.0764. The Morgan fingerprint density at radius 1 is 0.588 bits per heavy atom. The van der Waals surface area contributed by atoms with Crippen LogP contribution in [0.3, 0.4) is 0 Å². The van der Waals surface area contributed by atoms with Gasteiger partial charge in [-0.2, -0.15) is 0 Å². The van der Waals surface area contributed by atoms with Crippen molar-refractivity contribution in [1.29, 1.82) is 0 Å². The average Bonchev–Trinajstić information content (AvgIpc) is 2.83. The fraction of sp³-hybridized carbons (Fsp3) is 0. The number of ether oxygens (including phenoxy) is 2. The van der Waals surface area contributed by atoms with Crippen molar-refractivity contribution in [3.05, 3.63) is 71.3 Å². The highest BCUT2D eigenvalue weighted by atomic mass is 16.5. The maximum absolute atomic E-state index is 9.69. The molecule has 34 heavy (non-hydrogen) atoms. The summed E-state index contributed by atoms with van der Waals surface area (Å²) < 4.78 is 11.9. The van der Waals surface area contributed by atoms with Crippen LogP contribution in [0.1, 0.15) is 16.7 Å². The monoisotopic (exact) mass is 446 g/mol. The second kappa shape index (κ2) is 8.63. The van der Waals surface area contributed by atoms with E-state index in [0.29, 0.717) is 44.7 Å². The average molecular weight is 446 g/mol. The van der Waals surface area contributed by atoms with Gasteiger partial charge in [-0.1, -0.05) is 17.8 Å². The van der Waals surface area contributed by atoms with Crippen LogP contribution in [0.2, 0.25) is 0 Å². The first-order chi connectivity index (χ1) is 16.4. The van der Waals surface area contributed by atoms with Gasteiger partial charge in [0.1, 0.15) is 28.7 Å². The minimum Gasteiger partial charge on any atom is -0.506 e. The van der Waals surface area contributed by atoms with Crippen molar-refractivity contribution in [2.75, 3.05) is 11.5 Å². The number of hydrogen-bond acceptors (Lipinski definition) is 6. The Morgan fingerprint density at radius 2 is 1.09 bits per heavy atom. The molecule has 4 aromatic carbocycles. The summed E-state index contributed by atoms with van der Waals surface area (Å²) in [5, 5.41) is 20.6. The highest BCUT2D eigenvalue weighted by Crippen LogP contribution is 2.40. The summed E-state index contributed by atoms with van der Waals surface area (Å²) in [4.78, 5) is 0. The number of phenolic OH excluding ortho intramolecular Hbond substituents is 2. The highest BCUT2D eigenvalue weighted by Gasteiger charge is 2.20. The zero-order chi connectivity index (χ0) is 24.4. The van der Waals surface area contributed by atoms with Gasteiger partial charge in [-0.15, -0.1) is 19.3 Å². The first-order valence-corrected chi connectivity index (χ1v) is 9.92. The molecule has 0 spiro atoms. The van der Waals surface area contributed by atoms with Gasteiger partial charge in [0.05, 0.1) is 28.1 Å². The van der Waals surface area contributed by atoms with E-state index < -0.39 is 0 Å². The second-order valence-corrected chi connectivity index (χ2v) is 7.24. The fourth-order valence-corrected chi connectivity index (χ4v) is 3.49. The Kier molecular flexibility index (Phi) is 5.54. The van der Waals surface area contributed by atoms with Gasteiger partial charge in [0.2, 0.25) is 0 Å². The number of phenols is 2. The van der Waals surface area contributed by atoms with Gasteiger partial charge >= 0.3 is 0 Å². The lowest BCUT2D eigenvalue weighted by atomic mass is 9.93. The molecule has 0 unspecified atom stereocenters. The first-order valence-electron chi connectivity index (χ1n) is 9.92. The zero-order valence-corrected chi connectivity index (χ0v) is 17.8. The molecular formula is C28H18N2O4. The maximum Gasteiger partial charge on any atom is 0.160 e. The van der Waals surface area contributed by atoms with E-state index in [1.807, 2.05) is 0 Å². The molecule has 0 aliphatic heterocycles. The Bertz CT molecular complexity index is 1580. The number of fused-ring (bicyclic) bond motifs is 1. The Hall–Kier alpha value is -5.38. The Labute approximate surface area is 196 Å². The van der Waals surface area contributed by atoms with Crippen molar-refractivity contribution >= 4 is 22.1 Å². The number of nitrogen functional groups attached to an aromatic ring is 2. The molecule has 0 aliphatic carbocycles. The van der Waals surface area contributed by atoms with E-state index in [2.05, 4.69) is 17.8 Å². The molecule has 0 aliphatic rings. The number of nitrogens with two attached hydrogens (primary N) is 2. The lowest BCUT2D eigenvalue weighted by Gasteiger charge is -2.17. The van der Waals surface area contributed by atoms with Crippen molar-refractivity contribution in [1.82, 2.24) is 0 Å². The molecule has 0 amide bonds. The molecular weight excluding hydrogens is 428 g/mol. The summed E-state index contributed by atoms with van der Waals surface area (Å²) in [6, 6.07) is 14.1. The molecule has 4 aromatic rings. The third-order valence-electron chi connectivity index (χ3n) is 5.12. The summed E-state index contributed by atoms with van der Waals surface area (Å²) in [5.41, 5.74) is 12.9. The molecule has 0 aromatic heterocycles. The van der Waals surface area contributed by atoms with Crippen molar-refractivity contribution in [2.45, 2.75) is 0 Å². The van der Waals surface area contributed by atoms with Crippen LogP contribution in [0.25, 0.3) is 10.8 Å². The lowest BCUT2D eigenvalue weighted by Crippen LogP contribution is -1.99.